The quantitative estimate of drug-likeness (QED) is 0.556. The Morgan fingerprint density at radius 1 is 1.19 bits per heavy atom. The zero-order valence-corrected chi connectivity index (χ0v) is 17.2. The number of aromatic nitrogens is 2. The summed E-state index contributed by atoms with van der Waals surface area (Å²) >= 11 is 9.34. The van der Waals surface area contributed by atoms with Gasteiger partial charge in [0.15, 0.2) is 0 Å². The second-order valence-corrected chi connectivity index (χ2v) is 9.44. The monoisotopic (exact) mass is 467 g/mol. The van der Waals surface area contributed by atoms with Gasteiger partial charge in [-0.1, -0.05) is 44.8 Å². The van der Waals surface area contributed by atoms with Crippen LogP contribution in [-0.4, -0.2) is 29.4 Å². The SMILES string of the molecule is O=S(=O)(c1ccc(Br)cc1)N1CCCC1c1nc(-c2cccc(Cl)c2)no1. The van der Waals surface area contributed by atoms with Gasteiger partial charge in [0.25, 0.3) is 0 Å². The van der Waals surface area contributed by atoms with Crippen molar-refractivity contribution in [1.82, 2.24) is 14.4 Å². The fraction of sp³-hybridized carbons (Fsp3) is 0.222. The van der Waals surface area contributed by atoms with Crippen molar-refractivity contribution in [2.24, 2.45) is 0 Å². The summed E-state index contributed by atoms with van der Waals surface area (Å²) in [6, 6.07) is 13.2. The molecule has 1 saturated heterocycles. The van der Waals surface area contributed by atoms with Crippen molar-refractivity contribution in [3.8, 4) is 11.4 Å². The summed E-state index contributed by atoms with van der Waals surface area (Å²) in [6.45, 7) is 0.415. The van der Waals surface area contributed by atoms with Crippen LogP contribution in [0.5, 0.6) is 0 Å². The summed E-state index contributed by atoms with van der Waals surface area (Å²) in [5, 5.41) is 4.57. The molecule has 0 N–H and O–H groups in total. The lowest BCUT2D eigenvalue weighted by Crippen LogP contribution is -2.30. The Hall–Kier alpha value is -1.74. The zero-order valence-electron chi connectivity index (χ0n) is 14.0. The molecule has 0 amide bonds. The summed E-state index contributed by atoms with van der Waals surface area (Å²) in [5.41, 5.74) is 0.720. The molecule has 1 atom stereocenters. The fourth-order valence-electron chi connectivity index (χ4n) is 3.13. The summed E-state index contributed by atoms with van der Waals surface area (Å²) in [7, 11) is -3.65. The van der Waals surface area contributed by atoms with E-state index in [0.717, 1.165) is 16.5 Å². The molecule has 1 fully saturated rings. The third kappa shape index (κ3) is 3.67. The second kappa shape index (κ2) is 7.35. The molecule has 1 aliphatic rings. The van der Waals surface area contributed by atoms with E-state index in [1.54, 1.807) is 42.5 Å². The van der Waals surface area contributed by atoms with Gasteiger partial charge in [-0.2, -0.15) is 9.29 Å². The molecule has 2 aromatic carbocycles. The van der Waals surface area contributed by atoms with Crippen molar-refractivity contribution in [3.63, 3.8) is 0 Å². The van der Waals surface area contributed by atoms with Gasteiger partial charge in [0.2, 0.25) is 21.7 Å². The molecule has 0 spiro atoms. The summed E-state index contributed by atoms with van der Waals surface area (Å²) in [5.74, 6) is 0.684. The number of halogens is 2. The molecule has 6 nitrogen and oxygen atoms in total. The molecular weight excluding hydrogens is 454 g/mol. The third-order valence-corrected chi connectivity index (χ3v) is 7.12. The highest BCUT2D eigenvalue weighted by atomic mass is 79.9. The minimum Gasteiger partial charge on any atom is -0.337 e. The van der Waals surface area contributed by atoms with Crippen molar-refractivity contribution in [2.45, 2.75) is 23.8 Å². The molecule has 1 aliphatic heterocycles. The van der Waals surface area contributed by atoms with Crippen molar-refractivity contribution >= 4 is 37.6 Å². The van der Waals surface area contributed by atoms with E-state index in [0.29, 0.717) is 29.7 Å². The minimum absolute atomic E-state index is 0.243. The van der Waals surface area contributed by atoms with Crippen molar-refractivity contribution in [1.29, 1.82) is 0 Å². The normalized spacial score (nSPS) is 18.1. The van der Waals surface area contributed by atoms with Gasteiger partial charge >= 0.3 is 0 Å². The van der Waals surface area contributed by atoms with E-state index < -0.39 is 16.1 Å². The van der Waals surface area contributed by atoms with E-state index in [4.69, 9.17) is 16.1 Å². The highest BCUT2D eigenvalue weighted by Crippen LogP contribution is 2.36. The maximum Gasteiger partial charge on any atom is 0.245 e. The molecule has 3 aromatic rings. The molecule has 0 bridgehead atoms. The lowest BCUT2D eigenvalue weighted by Gasteiger charge is -2.21. The van der Waals surface area contributed by atoms with Crippen LogP contribution in [0.2, 0.25) is 5.02 Å². The van der Waals surface area contributed by atoms with E-state index in [2.05, 4.69) is 26.1 Å². The molecule has 140 valence electrons. The fourth-order valence-corrected chi connectivity index (χ4v) is 5.24. The van der Waals surface area contributed by atoms with Gasteiger partial charge < -0.3 is 4.52 Å². The van der Waals surface area contributed by atoms with Crippen LogP contribution < -0.4 is 0 Å². The molecule has 1 aromatic heterocycles. The first-order valence-corrected chi connectivity index (χ1v) is 10.9. The molecule has 0 aliphatic carbocycles. The van der Waals surface area contributed by atoms with Crippen molar-refractivity contribution < 1.29 is 12.9 Å². The number of hydrogen-bond donors (Lipinski definition) is 0. The summed E-state index contributed by atoms with van der Waals surface area (Å²) in [6.07, 6.45) is 1.36. The van der Waals surface area contributed by atoms with Gasteiger partial charge in [-0.25, -0.2) is 8.42 Å². The highest BCUT2D eigenvalue weighted by Gasteiger charge is 2.39. The Labute approximate surface area is 170 Å². The molecule has 1 unspecified atom stereocenters. The average molecular weight is 469 g/mol. The molecule has 2 heterocycles. The molecule has 4 rings (SSSR count). The van der Waals surface area contributed by atoms with Gasteiger partial charge in [-0.05, 0) is 49.2 Å². The Morgan fingerprint density at radius 3 is 2.70 bits per heavy atom. The van der Waals surface area contributed by atoms with Crippen LogP contribution in [0.4, 0.5) is 0 Å². The lowest BCUT2D eigenvalue weighted by atomic mass is 10.2. The standard InChI is InChI=1S/C18H15BrClN3O3S/c19-13-6-8-15(9-7-13)27(24,25)23-10-2-5-16(23)18-21-17(22-26-18)12-3-1-4-14(20)11-12/h1,3-4,6-9,11,16H,2,5,10H2. The summed E-state index contributed by atoms with van der Waals surface area (Å²) < 4.78 is 33.8. The molecule has 0 saturated carbocycles. The zero-order chi connectivity index (χ0) is 19.0. The van der Waals surface area contributed by atoms with Gasteiger partial charge in [0.05, 0.1) is 4.90 Å². The molecule has 9 heteroatoms. The molecule has 27 heavy (non-hydrogen) atoms. The van der Waals surface area contributed by atoms with Gasteiger partial charge in [-0.15, -0.1) is 0 Å². The number of rotatable bonds is 4. The van der Waals surface area contributed by atoms with Crippen molar-refractivity contribution in [2.75, 3.05) is 6.54 Å². The minimum atomic E-state index is -3.65. The van der Waals surface area contributed by atoms with Crippen LogP contribution in [0.15, 0.2) is 62.4 Å². The van der Waals surface area contributed by atoms with Crippen LogP contribution in [-0.2, 0) is 10.0 Å². The Morgan fingerprint density at radius 2 is 1.96 bits per heavy atom. The predicted octanol–water partition coefficient (Wildman–Crippen LogP) is 4.68. The topological polar surface area (TPSA) is 76.3 Å². The van der Waals surface area contributed by atoms with Gasteiger partial charge in [0.1, 0.15) is 6.04 Å². The largest absolute Gasteiger partial charge is 0.337 e. The van der Waals surface area contributed by atoms with E-state index >= 15 is 0 Å². The predicted molar refractivity (Wildman–Crippen MR) is 105 cm³/mol. The number of benzene rings is 2. The number of nitrogens with zero attached hydrogens (tertiary/aromatic N) is 3. The lowest BCUT2D eigenvalue weighted by molar-refractivity contribution is 0.290. The molecular formula is C18H15BrClN3O3S. The highest BCUT2D eigenvalue weighted by molar-refractivity contribution is 9.10. The first-order valence-electron chi connectivity index (χ1n) is 8.32. The Bertz CT molecular complexity index is 1070. The van der Waals surface area contributed by atoms with E-state index in [1.807, 2.05) is 6.07 Å². The third-order valence-electron chi connectivity index (χ3n) is 4.43. The summed E-state index contributed by atoms with van der Waals surface area (Å²) in [4.78, 5) is 4.67. The Balaban J connectivity index is 1.65. The second-order valence-electron chi connectivity index (χ2n) is 6.19. The first-order chi connectivity index (χ1) is 12.9. The van der Waals surface area contributed by atoms with E-state index in [9.17, 15) is 8.42 Å². The van der Waals surface area contributed by atoms with Crippen LogP contribution in [0.3, 0.4) is 0 Å². The van der Waals surface area contributed by atoms with E-state index in [-0.39, 0.29) is 4.90 Å². The van der Waals surface area contributed by atoms with Crippen LogP contribution in [0.1, 0.15) is 24.8 Å². The number of hydrogen-bond acceptors (Lipinski definition) is 5. The van der Waals surface area contributed by atoms with Crippen molar-refractivity contribution in [3.05, 3.63) is 63.9 Å². The van der Waals surface area contributed by atoms with Gasteiger partial charge in [0, 0.05) is 21.6 Å². The molecule has 0 radical (unpaired) electrons. The van der Waals surface area contributed by atoms with Crippen LogP contribution >= 0.6 is 27.5 Å². The first kappa shape index (κ1) is 18.6. The van der Waals surface area contributed by atoms with Crippen LogP contribution in [0.25, 0.3) is 11.4 Å². The van der Waals surface area contributed by atoms with Gasteiger partial charge in [-0.3, -0.25) is 0 Å². The maximum absolute atomic E-state index is 13.1. The average Bonchev–Trinajstić information content (AvgIpc) is 3.32. The van der Waals surface area contributed by atoms with Crippen LogP contribution in [0, 0.1) is 0 Å². The van der Waals surface area contributed by atoms with E-state index in [1.165, 1.54) is 4.31 Å². The number of sulfonamides is 1. The maximum atomic E-state index is 13.1. The smallest absolute Gasteiger partial charge is 0.245 e. The Kier molecular flexibility index (Phi) is 5.07.